The predicted octanol–water partition coefficient (Wildman–Crippen LogP) is 3.29. The number of benzene rings is 2. The summed E-state index contributed by atoms with van der Waals surface area (Å²) in [6.45, 7) is 4.48. The molecule has 0 bridgehead atoms. The van der Waals surface area contributed by atoms with Crippen molar-refractivity contribution in [3.63, 3.8) is 0 Å². The molecule has 0 aliphatic heterocycles. The number of nitrogens with one attached hydrogen (secondary N) is 2. The maximum Gasteiger partial charge on any atom is 0.238 e. The Labute approximate surface area is 160 Å². The molecule has 2 aromatic carbocycles. The highest BCUT2D eigenvalue weighted by molar-refractivity contribution is 5.95. The van der Waals surface area contributed by atoms with Crippen molar-refractivity contribution in [2.24, 2.45) is 0 Å². The zero-order chi connectivity index (χ0) is 19.8. The second-order valence-electron chi connectivity index (χ2n) is 6.49. The van der Waals surface area contributed by atoms with E-state index in [0.717, 1.165) is 12.0 Å². The van der Waals surface area contributed by atoms with Crippen LogP contribution in [0.2, 0.25) is 0 Å². The molecule has 0 saturated carbocycles. The number of amides is 2. The normalized spacial score (nSPS) is 10.6. The molecule has 0 unspecified atom stereocenters. The van der Waals surface area contributed by atoms with Crippen molar-refractivity contribution < 1.29 is 14.3 Å². The predicted molar refractivity (Wildman–Crippen MR) is 108 cm³/mol. The monoisotopic (exact) mass is 369 g/mol. The smallest absolute Gasteiger partial charge is 0.238 e. The lowest BCUT2D eigenvalue weighted by atomic mass is 10.1. The van der Waals surface area contributed by atoms with E-state index >= 15 is 0 Å². The van der Waals surface area contributed by atoms with E-state index in [0.29, 0.717) is 23.7 Å². The molecule has 0 aliphatic carbocycles. The Balaban J connectivity index is 1.98. The van der Waals surface area contributed by atoms with Gasteiger partial charge in [0.2, 0.25) is 11.8 Å². The first kappa shape index (κ1) is 20.5. The average molecular weight is 369 g/mol. The number of hydrogen-bond donors (Lipinski definition) is 2. The van der Waals surface area contributed by atoms with Crippen LogP contribution in [-0.2, 0) is 22.6 Å². The van der Waals surface area contributed by atoms with Crippen LogP contribution in [0.4, 0.5) is 11.4 Å². The fourth-order valence-corrected chi connectivity index (χ4v) is 2.77. The first-order valence-corrected chi connectivity index (χ1v) is 8.93. The molecule has 6 nitrogen and oxygen atoms in total. The van der Waals surface area contributed by atoms with Crippen molar-refractivity contribution in [2.45, 2.75) is 26.8 Å². The first-order chi connectivity index (χ1) is 12.9. The van der Waals surface area contributed by atoms with E-state index in [-0.39, 0.29) is 18.4 Å². The summed E-state index contributed by atoms with van der Waals surface area (Å²) in [5.74, 6) is 0.211. The molecule has 0 atom stereocenters. The number of aryl methyl sites for hydroxylation is 1. The molecule has 0 aliphatic rings. The summed E-state index contributed by atoms with van der Waals surface area (Å²) < 4.78 is 5.29. The minimum atomic E-state index is -0.175. The summed E-state index contributed by atoms with van der Waals surface area (Å²) >= 11 is 0. The number of ether oxygens (including phenoxy) is 1. The second-order valence-corrected chi connectivity index (χ2v) is 6.49. The van der Waals surface area contributed by atoms with Crippen molar-refractivity contribution in [3.8, 4) is 5.75 Å². The summed E-state index contributed by atoms with van der Waals surface area (Å²) in [6.07, 6.45) is 1.01. The molecule has 0 radical (unpaired) electrons. The molecule has 144 valence electrons. The van der Waals surface area contributed by atoms with Gasteiger partial charge in [-0.3, -0.25) is 14.5 Å². The van der Waals surface area contributed by atoms with Crippen LogP contribution >= 0.6 is 0 Å². The highest BCUT2D eigenvalue weighted by Crippen LogP contribution is 2.27. The number of carbonyl (C=O) groups excluding carboxylic acids is 2. The Bertz CT molecular complexity index is 788. The number of anilines is 2. The molecule has 2 amide bonds. The van der Waals surface area contributed by atoms with E-state index in [4.69, 9.17) is 4.74 Å². The largest absolute Gasteiger partial charge is 0.495 e. The van der Waals surface area contributed by atoms with Crippen molar-refractivity contribution in [1.29, 1.82) is 0 Å². The van der Waals surface area contributed by atoms with Gasteiger partial charge in [-0.25, -0.2) is 0 Å². The fourth-order valence-electron chi connectivity index (χ4n) is 2.77. The molecular formula is C21H27N3O3. The lowest BCUT2D eigenvalue weighted by Gasteiger charge is -2.18. The second kappa shape index (κ2) is 9.73. The van der Waals surface area contributed by atoms with Crippen LogP contribution in [0.15, 0.2) is 42.5 Å². The van der Waals surface area contributed by atoms with E-state index in [2.05, 4.69) is 41.8 Å². The van der Waals surface area contributed by atoms with E-state index in [9.17, 15) is 9.59 Å². The van der Waals surface area contributed by atoms with Crippen molar-refractivity contribution in [1.82, 2.24) is 4.90 Å². The average Bonchev–Trinajstić information content (AvgIpc) is 2.62. The van der Waals surface area contributed by atoms with E-state index in [1.807, 2.05) is 11.9 Å². The molecule has 2 rings (SSSR count). The number of nitrogens with zero attached hydrogens (tertiary/aromatic N) is 1. The number of likely N-dealkylation sites (N-methyl/N-ethyl adjacent to an activating group) is 1. The summed E-state index contributed by atoms with van der Waals surface area (Å²) in [4.78, 5) is 25.6. The van der Waals surface area contributed by atoms with Gasteiger partial charge in [-0.15, -0.1) is 0 Å². The molecule has 0 saturated heterocycles. The van der Waals surface area contributed by atoms with Gasteiger partial charge >= 0.3 is 0 Å². The zero-order valence-corrected chi connectivity index (χ0v) is 16.3. The molecule has 6 heteroatoms. The van der Waals surface area contributed by atoms with Crippen LogP contribution in [0.5, 0.6) is 5.75 Å². The Morgan fingerprint density at radius 2 is 1.70 bits per heavy atom. The summed E-state index contributed by atoms with van der Waals surface area (Å²) in [5.41, 5.74) is 3.58. The molecule has 0 spiro atoms. The van der Waals surface area contributed by atoms with Crippen LogP contribution < -0.4 is 15.4 Å². The maximum atomic E-state index is 12.4. The lowest BCUT2D eigenvalue weighted by molar-refractivity contribution is -0.117. The van der Waals surface area contributed by atoms with E-state index < -0.39 is 0 Å². The Hall–Kier alpha value is -2.86. The van der Waals surface area contributed by atoms with Crippen LogP contribution in [0.3, 0.4) is 0 Å². The van der Waals surface area contributed by atoms with Gasteiger partial charge in [-0.2, -0.15) is 0 Å². The standard InChI is InChI=1S/C21H27N3O3/c1-5-16-6-8-17(9-7-16)13-24(3)14-21(26)23-19-12-18(22-15(2)25)10-11-20(19)27-4/h6-12H,5,13-14H2,1-4H3,(H,22,25)(H,23,26). The number of rotatable bonds is 8. The number of carbonyl (C=O) groups is 2. The van der Waals surface area contributed by atoms with Gasteiger partial charge in [0, 0.05) is 19.2 Å². The fraction of sp³-hybridized carbons (Fsp3) is 0.333. The van der Waals surface area contributed by atoms with E-state index in [1.165, 1.54) is 19.6 Å². The number of methoxy groups -OCH3 is 1. The number of hydrogen-bond acceptors (Lipinski definition) is 4. The quantitative estimate of drug-likeness (QED) is 0.749. The van der Waals surface area contributed by atoms with Crippen LogP contribution in [0, 0.1) is 0 Å². The topological polar surface area (TPSA) is 70.7 Å². The Morgan fingerprint density at radius 1 is 1.04 bits per heavy atom. The molecular weight excluding hydrogens is 342 g/mol. The lowest BCUT2D eigenvalue weighted by Crippen LogP contribution is -2.30. The van der Waals surface area contributed by atoms with Gasteiger partial charge in [0.15, 0.2) is 0 Å². The van der Waals surface area contributed by atoms with Gasteiger partial charge in [-0.05, 0) is 42.8 Å². The molecule has 27 heavy (non-hydrogen) atoms. The summed E-state index contributed by atoms with van der Waals surface area (Å²) in [5, 5.41) is 5.55. The highest BCUT2D eigenvalue weighted by Gasteiger charge is 2.12. The highest BCUT2D eigenvalue weighted by atomic mass is 16.5. The third-order valence-electron chi connectivity index (χ3n) is 4.09. The molecule has 0 heterocycles. The van der Waals surface area contributed by atoms with Crippen molar-refractivity contribution in [3.05, 3.63) is 53.6 Å². The molecule has 0 aromatic heterocycles. The molecule has 0 fully saturated rings. The molecule has 2 aromatic rings. The van der Waals surface area contributed by atoms with Gasteiger partial charge in [-0.1, -0.05) is 31.2 Å². The van der Waals surface area contributed by atoms with Gasteiger partial charge in [0.25, 0.3) is 0 Å². The first-order valence-electron chi connectivity index (χ1n) is 8.93. The molecule has 2 N–H and O–H groups in total. The van der Waals surface area contributed by atoms with Crippen LogP contribution in [0.1, 0.15) is 25.0 Å². The van der Waals surface area contributed by atoms with Crippen molar-refractivity contribution >= 4 is 23.2 Å². The van der Waals surface area contributed by atoms with Crippen LogP contribution in [-0.4, -0.2) is 37.4 Å². The minimum absolute atomic E-state index is 0.152. The van der Waals surface area contributed by atoms with Gasteiger partial charge < -0.3 is 15.4 Å². The SMILES string of the molecule is CCc1ccc(CN(C)CC(=O)Nc2cc(NC(C)=O)ccc2OC)cc1. The van der Waals surface area contributed by atoms with Gasteiger partial charge in [0.05, 0.1) is 19.3 Å². The van der Waals surface area contributed by atoms with Crippen LogP contribution in [0.25, 0.3) is 0 Å². The van der Waals surface area contributed by atoms with Crippen molar-refractivity contribution in [2.75, 3.05) is 31.3 Å². The third kappa shape index (κ3) is 6.42. The zero-order valence-electron chi connectivity index (χ0n) is 16.3. The Kier molecular flexibility index (Phi) is 7.37. The minimum Gasteiger partial charge on any atom is -0.495 e. The third-order valence-corrected chi connectivity index (χ3v) is 4.09. The summed E-state index contributed by atoms with van der Waals surface area (Å²) in [7, 11) is 3.44. The summed E-state index contributed by atoms with van der Waals surface area (Å²) in [6, 6.07) is 13.5. The van der Waals surface area contributed by atoms with E-state index in [1.54, 1.807) is 18.2 Å². The van der Waals surface area contributed by atoms with Gasteiger partial charge in [0.1, 0.15) is 5.75 Å². The Morgan fingerprint density at radius 3 is 2.30 bits per heavy atom. The maximum absolute atomic E-state index is 12.4.